The van der Waals surface area contributed by atoms with E-state index in [1.807, 2.05) is 77.5 Å². The van der Waals surface area contributed by atoms with Gasteiger partial charge in [-0.05, 0) is 35.9 Å². The summed E-state index contributed by atoms with van der Waals surface area (Å²) in [5, 5.41) is 11.4. The Hall–Kier alpha value is -3.57. The number of primary amides is 1. The minimum atomic E-state index is -0.690. The molecule has 4 rings (SSSR count). The molecular formula is C24H22N2O3. The molecule has 1 heterocycles. The Balaban J connectivity index is 1.46. The first-order valence-electron chi connectivity index (χ1n) is 9.46. The van der Waals surface area contributed by atoms with Crippen molar-refractivity contribution in [3.8, 4) is 16.9 Å². The summed E-state index contributed by atoms with van der Waals surface area (Å²) in [6.45, 7) is 0.551. The summed E-state index contributed by atoms with van der Waals surface area (Å²) in [6.07, 6.45) is 1.20. The minimum absolute atomic E-state index is 0.170. The van der Waals surface area contributed by atoms with Gasteiger partial charge in [-0.25, -0.2) is 0 Å². The second-order valence-electron chi connectivity index (χ2n) is 6.93. The molecule has 3 aromatic carbocycles. The van der Waals surface area contributed by atoms with Crippen LogP contribution in [0, 0.1) is 0 Å². The predicted octanol–water partition coefficient (Wildman–Crippen LogP) is 3.85. The molecule has 0 saturated heterocycles. The lowest BCUT2D eigenvalue weighted by molar-refractivity contribution is 0.0938. The maximum absolute atomic E-state index is 11.3. The Morgan fingerprint density at radius 2 is 1.76 bits per heavy atom. The topological polar surface area (TPSA) is 77.5 Å². The molecule has 1 atom stereocenters. The molecule has 5 nitrogen and oxygen atoms in total. The molecule has 4 aromatic rings. The van der Waals surface area contributed by atoms with E-state index in [1.165, 1.54) is 0 Å². The lowest BCUT2D eigenvalue weighted by atomic mass is 10.1. The van der Waals surface area contributed by atoms with E-state index >= 15 is 0 Å². The number of rotatable bonds is 7. The Kier molecular flexibility index (Phi) is 5.31. The number of ether oxygens (including phenoxy) is 1. The highest BCUT2D eigenvalue weighted by molar-refractivity contribution is 5.97. The molecule has 0 aliphatic heterocycles. The lowest BCUT2D eigenvalue weighted by Crippen LogP contribution is -2.23. The molecule has 1 aromatic heterocycles. The molecule has 0 aliphatic rings. The summed E-state index contributed by atoms with van der Waals surface area (Å²) in [4.78, 5) is 11.3. The first-order valence-corrected chi connectivity index (χ1v) is 9.46. The van der Waals surface area contributed by atoms with E-state index in [0.29, 0.717) is 12.1 Å². The molecule has 0 aliphatic carbocycles. The predicted molar refractivity (Wildman–Crippen MR) is 114 cm³/mol. The standard InChI is InChI=1S/C24H22N2O3/c25-24(28)19-10-11-22-18(14-19)12-13-26(22)15-20(27)16-29-23-9-5-4-8-21(23)17-6-2-1-3-7-17/h1-14,20,27H,15-16H2,(H2,25,28). The molecule has 0 spiro atoms. The van der Waals surface area contributed by atoms with Gasteiger partial charge in [0.2, 0.25) is 5.91 Å². The number of benzene rings is 3. The summed E-state index contributed by atoms with van der Waals surface area (Å²) in [5.74, 6) is 0.284. The van der Waals surface area contributed by atoms with Gasteiger partial charge in [-0.1, -0.05) is 48.5 Å². The number of aliphatic hydroxyl groups excluding tert-OH is 1. The SMILES string of the molecule is NC(=O)c1ccc2c(ccn2CC(O)COc2ccccc2-c2ccccc2)c1. The van der Waals surface area contributed by atoms with Gasteiger partial charge >= 0.3 is 0 Å². The number of nitrogens with zero attached hydrogens (tertiary/aromatic N) is 1. The summed E-state index contributed by atoms with van der Waals surface area (Å²) in [7, 11) is 0. The Labute approximate surface area is 169 Å². The monoisotopic (exact) mass is 386 g/mol. The van der Waals surface area contributed by atoms with Crippen LogP contribution in [-0.4, -0.2) is 28.3 Å². The van der Waals surface area contributed by atoms with E-state index in [1.54, 1.807) is 12.1 Å². The van der Waals surface area contributed by atoms with Gasteiger partial charge in [0, 0.05) is 28.2 Å². The lowest BCUT2D eigenvalue weighted by Gasteiger charge is -2.16. The molecule has 0 fully saturated rings. The van der Waals surface area contributed by atoms with Crippen LogP contribution in [0.1, 0.15) is 10.4 Å². The summed E-state index contributed by atoms with van der Waals surface area (Å²) in [5.41, 5.74) is 8.80. The van der Waals surface area contributed by atoms with E-state index in [-0.39, 0.29) is 6.61 Å². The fraction of sp³-hybridized carbons (Fsp3) is 0.125. The maximum atomic E-state index is 11.3. The van der Waals surface area contributed by atoms with Crippen molar-refractivity contribution < 1.29 is 14.6 Å². The van der Waals surface area contributed by atoms with Crippen LogP contribution in [0.4, 0.5) is 0 Å². The Morgan fingerprint density at radius 1 is 1.00 bits per heavy atom. The van der Waals surface area contributed by atoms with Gasteiger partial charge in [0.05, 0.1) is 6.54 Å². The summed E-state index contributed by atoms with van der Waals surface area (Å²) >= 11 is 0. The zero-order valence-electron chi connectivity index (χ0n) is 15.9. The average Bonchev–Trinajstić information content (AvgIpc) is 3.15. The van der Waals surface area contributed by atoms with Gasteiger partial charge in [-0.15, -0.1) is 0 Å². The van der Waals surface area contributed by atoms with Crippen molar-refractivity contribution in [1.82, 2.24) is 4.57 Å². The smallest absolute Gasteiger partial charge is 0.248 e. The van der Waals surface area contributed by atoms with Crippen molar-refractivity contribution in [1.29, 1.82) is 0 Å². The van der Waals surface area contributed by atoms with Gasteiger partial charge in [-0.2, -0.15) is 0 Å². The van der Waals surface area contributed by atoms with Crippen LogP contribution < -0.4 is 10.5 Å². The zero-order chi connectivity index (χ0) is 20.2. The molecule has 1 unspecified atom stereocenters. The van der Waals surface area contributed by atoms with Crippen molar-refractivity contribution in [2.45, 2.75) is 12.6 Å². The van der Waals surface area contributed by atoms with Gasteiger partial charge in [0.15, 0.2) is 0 Å². The van der Waals surface area contributed by atoms with Gasteiger partial charge in [0.25, 0.3) is 0 Å². The van der Waals surface area contributed by atoms with Gasteiger partial charge in [-0.3, -0.25) is 4.79 Å². The van der Waals surface area contributed by atoms with Crippen LogP contribution in [-0.2, 0) is 6.54 Å². The van der Waals surface area contributed by atoms with Crippen molar-refractivity contribution in [3.63, 3.8) is 0 Å². The van der Waals surface area contributed by atoms with Crippen LogP contribution >= 0.6 is 0 Å². The molecule has 3 N–H and O–H groups in total. The van der Waals surface area contributed by atoms with Crippen LogP contribution in [0.25, 0.3) is 22.0 Å². The molecule has 0 radical (unpaired) electrons. The second-order valence-corrected chi connectivity index (χ2v) is 6.93. The summed E-state index contributed by atoms with van der Waals surface area (Å²) < 4.78 is 7.88. The number of para-hydroxylation sites is 1. The molecule has 1 amide bonds. The van der Waals surface area contributed by atoms with Crippen molar-refractivity contribution in [2.75, 3.05) is 6.61 Å². The fourth-order valence-corrected chi connectivity index (χ4v) is 3.43. The number of amides is 1. The third-order valence-corrected chi connectivity index (χ3v) is 4.87. The quantitative estimate of drug-likeness (QED) is 0.506. The second kappa shape index (κ2) is 8.20. The number of hydrogen-bond donors (Lipinski definition) is 2. The number of hydrogen-bond acceptors (Lipinski definition) is 3. The zero-order valence-corrected chi connectivity index (χ0v) is 15.9. The van der Waals surface area contributed by atoms with E-state index in [0.717, 1.165) is 27.8 Å². The van der Waals surface area contributed by atoms with E-state index < -0.39 is 12.0 Å². The highest BCUT2D eigenvalue weighted by Crippen LogP contribution is 2.29. The Bertz CT molecular complexity index is 1140. The van der Waals surface area contributed by atoms with Crippen LogP contribution in [0.5, 0.6) is 5.75 Å². The number of nitrogens with two attached hydrogens (primary N) is 1. The fourth-order valence-electron chi connectivity index (χ4n) is 3.43. The largest absolute Gasteiger partial charge is 0.490 e. The molecule has 0 saturated carbocycles. The third kappa shape index (κ3) is 4.15. The molecule has 29 heavy (non-hydrogen) atoms. The van der Waals surface area contributed by atoms with E-state index in [2.05, 4.69) is 0 Å². The van der Waals surface area contributed by atoms with Crippen LogP contribution in [0.3, 0.4) is 0 Å². The number of fused-ring (bicyclic) bond motifs is 1. The first kappa shape index (κ1) is 18.8. The molecule has 5 heteroatoms. The van der Waals surface area contributed by atoms with E-state index in [9.17, 15) is 9.90 Å². The number of carbonyl (C=O) groups is 1. The number of aliphatic hydroxyl groups is 1. The van der Waals surface area contributed by atoms with Gasteiger partial charge < -0.3 is 20.1 Å². The summed E-state index contributed by atoms with van der Waals surface area (Å²) in [6, 6.07) is 25.0. The highest BCUT2D eigenvalue weighted by Gasteiger charge is 2.12. The van der Waals surface area contributed by atoms with Crippen molar-refractivity contribution in [3.05, 3.63) is 90.6 Å². The molecular weight excluding hydrogens is 364 g/mol. The first-order chi connectivity index (χ1) is 14.1. The van der Waals surface area contributed by atoms with Crippen LogP contribution in [0.2, 0.25) is 0 Å². The highest BCUT2D eigenvalue weighted by atomic mass is 16.5. The van der Waals surface area contributed by atoms with Crippen molar-refractivity contribution >= 4 is 16.8 Å². The normalized spacial score (nSPS) is 12.0. The molecule has 146 valence electrons. The van der Waals surface area contributed by atoms with Gasteiger partial charge in [0.1, 0.15) is 18.5 Å². The minimum Gasteiger partial charge on any atom is -0.490 e. The number of aromatic nitrogens is 1. The van der Waals surface area contributed by atoms with E-state index in [4.69, 9.17) is 10.5 Å². The Morgan fingerprint density at radius 3 is 2.55 bits per heavy atom. The number of carbonyl (C=O) groups excluding carboxylic acids is 1. The van der Waals surface area contributed by atoms with Crippen LogP contribution in [0.15, 0.2) is 85.1 Å². The average molecular weight is 386 g/mol. The third-order valence-electron chi connectivity index (χ3n) is 4.87. The maximum Gasteiger partial charge on any atom is 0.248 e. The van der Waals surface area contributed by atoms with Crippen molar-refractivity contribution in [2.24, 2.45) is 5.73 Å². The molecule has 0 bridgehead atoms.